The van der Waals surface area contributed by atoms with Crippen LogP contribution in [0.4, 0.5) is 0 Å². The predicted octanol–water partition coefficient (Wildman–Crippen LogP) is 13.3. The molecule has 49 heavy (non-hydrogen) atoms. The van der Waals surface area contributed by atoms with E-state index in [1.807, 2.05) is 12.1 Å². The van der Waals surface area contributed by atoms with Gasteiger partial charge in [0.1, 0.15) is 22.3 Å². The summed E-state index contributed by atoms with van der Waals surface area (Å²) in [4.78, 5) is 0. The molecule has 0 atom stereocenters. The van der Waals surface area contributed by atoms with Gasteiger partial charge in [0.05, 0.1) is 5.39 Å². The third kappa shape index (κ3) is 4.41. The van der Waals surface area contributed by atoms with Crippen LogP contribution in [0, 0.1) is 0 Å². The summed E-state index contributed by atoms with van der Waals surface area (Å²) in [6.07, 6.45) is 2.91. The average molecular weight is 629 g/mol. The summed E-state index contributed by atoms with van der Waals surface area (Å²) < 4.78 is 12.9. The highest BCUT2D eigenvalue weighted by atomic mass is 16.3. The summed E-state index contributed by atoms with van der Waals surface area (Å²) in [6.45, 7) is 0. The maximum Gasteiger partial charge on any atom is 0.147 e. The molecule has 0 saturated heterocycles. The third-order valence-corrected chi connectivity index (χ3v) is 10.3. The quantitative estimate of drug-likeness (QED) is 0.171. The van der Waals surface area contributed by atoms with E-state index in [0.29, 0.717) is 0 Å². The van der Waals surface area contributed by atoms with Gasteiger partial charge in [-0.15, -0.1) is 0 Å². The fourth-order valence-corrected chi connectivity index (χ4v) is 8.17. The number of para-hydroxylation sites is 1. The molecule has 0 aliphatic rings. The molecule has 2 nitrogen and oxygen atoms in total. The van der Waals surface area contributed by atoms with Crippen molar-refractivity contribution in [2.75, 3.05) is 0 Å². The van der Waals surface area contributed by atoms with Crippen molar-refractivity contribution < 1.29 is 8.83 Å². The lowest BCUT2D eigenvalue weighted by Crippen LogP contribution is -1.97. The Morgan fingerprint density at radius 3 is 1.76 bits per heavy atom. The molecule has 0 radical (unpaired) electrons. The van der Waals surface area contributed by atoms with E-state index in [9.17, 15) is 0 Å². The molecule has 8 aromatic carbocycles. The van der Waals surface area contributed by atoms with Crippen LogP contribution in [0.3, 0.4) is 0 Å². The van der Waals surface area contributed by atoms with E-state index >= 15 is 0 Å². The van der Waals surface area contributed by atoms with Gasteiger partial charge in [0.15, 0.2) is 0 Å². The van der Waals surface area contributed by atoms with Crippen LogP contribution in [-0.2, 0) is 12.8 Å². The Bertz CT molecular complexity index is 2790. The molecular formula is C47H32O2. The molecule has 0 aliphatic heterocycles. The van der Waals surface area contributed by atoms with Crippen molar-refractivity contribution in [1.82, 2.24) is 0 Å². The SMILES string of the molecule is c1ccc(-c2ccccc2-c2c3ccccc3c(CCCc3cccc4oc5ccc6c7ccccc7oc6c5c34)c3ccccc23)cc1. The van der Waals surface area contributed by atoms with Crippen molar-refractivity contribution in [3.63, 3.8) is 0 Å². The molecule has 0 bridgehead atoms. The Kier molecular flexibility index (Phi) is 6.41. The molecular weight excluding hydrogens is 597 g/mol. The Hall–Kier alpha value is -6.12. The minimum Gasteiger partial charge on any atom is -0.456 e. The second-order valence-electron chi connectivity index (χ2n) is 13.0. The highest BCUT2D eigenvalue weighted by Gasteiger charge is 2.20. The maximum atomic E-state index is 6.48. The molecule has 2 heteroatoms. The summed E-state index contributed by atoms with van der Waals surface area (Å²) in [7, 11) is 0. The van der Waals surface area contributed by atoms with Crippen molar-refractivity contribution in [2.45, 2.75) is 19.3 Å². The van der Waals surface area contributed by atoms with E-state index in [1.54, 1.807) is 0 Å². The van der Waals surface area contributed by atoms with E-state index < -0.39 is 0 Å². The van der Waals surface area contributed by atoms with Gasteiger partial charge in [-0.1, -0.05) is 133 Å². The van der Waals surface area contributed by atoms with E-state index in [4.69, 9.17) is 8.83 Å². The van der Waals surface area contributed by atoms with Crippen molar-refractivity contribution in [1.29, 1.82) is 0 Å². The summed E-state index contributed by atoms with van der Waals surface area (Å²) >= 11 is 0. The van der Waals surface area contributed by atoms with Crippen LogP contribution in [-0.4, -0.2) is 0 Å². The van der Waals surface area contributed by atoms with Crippen LogP contribution in [0.15, 0.2) is 167 Å². The topological polar surface area (TPSA) is 26.3 Å². The number of benzene rings is 8. The second kappa shape index (κ2) is 11.2. The molecule has 232 valence electrons. The van der Waals surface area contributed by atoms with E-state index in [2.05, 4.69) is 146 Å². The number of hydrogen-bond acceptors (Lipinski definition) is 2. The van der Waals surface area contributed by atoms with Crippen molar-refractivity contribution in [2.24, 2.45) is 0 Å². The highest BCUT2D eigenvalue weighted by molar-refractivity contribution is 6.22. The molecule has 2 aromatic heterocycles. The lowest BCUT2D eigenvalue weighted by atomic mass is 9.84. The molecule has 0 aliphatic carbocycles. The van der Waals surface area contributed by atoms with Gasteiger partial charge in [-0.2, -0.15) is 0 Å². The largest absolute Gasteiger partial charge is 0.456 e. The van der Waals surface area contributed by atoms with Gasteiger partial charge in [-0.3, -0.25) is 0 Å². The second-order valence-corrected chi connectivity index (χ2v) is 13.0. The summed E-state index contributed by atoms with van der Waals surface area (Å²) in [6, 6.07) is 56.5. The van der Waals surface area contributed by atoms with Crippen LogP contribution in [0.25, 0.3) is 87.7 Å². The van der Waals surface area contributed by atoms with Crippen LogP contribution in [0.1, 0.15) is 17.5 Å². The first-order chi connectivity index (χ1) is 24.3. The van der Waals surface area contributed by atoms with E-state index in [1.165, 1.54) is 60.3 Å². The molecule has 0 N–H and O–H groups in total. The Balaban J connectivity index is 1.09. The van der Waals surface area contributed by atoms with Crippen LogP contribution >= 0.6 is 0 Å². The summed E-state index contributed by atoms with van der Waals surface area (Å²) in [5.41, 5.74) is 11.4. The zero-order valence-corrected chi connectivity index (χ0v) is 26.9. The Labute approximate surface area is 283 Å². The van der Waals surface area contributed by atoms with Gasteiger partial charge >= 0.3 is 0 Å². The number of furan rings is 2. The summed E-state index contributed by atoms with van der Waals surface area (Å²) in [5, 5.41) is 9.78. The number of hydrogen-bond donors (Lipinski definition) is 0. The normalized spacial score (nSPS) is 11.9. The van der Waals surface area contributed by atoms with Gasteiger partial charge in [-0.25, -0.2) is 0 Å². The lowest BCUT2D eigenvalue weighted by molar-refractivity contribution is 0.662. The molecule has 0 amide bonds. The van der Waals surface area contributed by atoms with Gasteiger partial charge in [0.25, 0.3) is 0 Å². The number of fused-ring (bicyclic) bond motifs is 9. The molecule has 0 unspecified atom stereocenters. The summed E-state index contributed by atoms with van der Waals surface area (Å²) in [5.74, 6) is 0. The van der Waals surface area contributed by atoms with E-state index in [-0.39, 0.29) is 0 Å². The Morgan fingerprint density at radius 1 is 0.367 bits per heavy atom. The molecule has 10 aromatic rings. The predicted molar refractivity (Wildman–Crippen MR) is 205 cm³/mol. The zero-order chi connectivity index (χ0) is 32.3. The minimum atomic E-state index is 0.873. The van der Waals surface area contributed by atoms with Gasteiger partial charge in [0, 0.05) is 16.2 Å². The van der Waals surface area contributed by atoms with Crippen LogP contribution in [0.5, 0.6) is 0 Å². The fourth-order valence-electron chi connectivity index (χ4n) is 8.17. The maximum absolute atomic E-state index is 6.48. The third-order valence-electron chi connectivity index (χ3n) is 10.3. The Morgan fingerprint density at radius 2 is 0.980 bits per heavy atom. The van der Waals surface area contributed by atoms with Crippen molar-refractivity contribution >= 4 is 65.4 Å². The molecule has 0 spiro atoms. The molecule has 2 heterocycles. The first-order valence-corrected chi connectivity index (χ1v) is 17.1. The van der Waals surface area contributed by atoms with Crippen LogP contribution in [0.2, 0.25) is 0 Å². The van der Waals surface area contributed by atoms with Crippen molar-refractivity contribution in [3.05, 3.63) is 169 Å². The lowest BCUT2D eigenvalue weighted by Gasteiger charge is -2.19. The van der Waals surface area contributed by atoms with E-state index in [0.717, 1.165) is 57.8 Å². The standard InChI is InChI=1S/C47H32O2/c1-2-14-30(15-3-1)32-18-4-7-22-37(32)45-38-23-8-5-19-34(38)33(35-20-6-9-24-39(35)45)25-12-16-31-17-13-27-42-44(31)46-43(48-42)29-28-40-36-21-10-11-26-41(36)49-47(40)46/h1-11,13-15,17-24,26-29H,12,16,25H2. The van der Waals surface area contributed by atoms with Crippen molar-refractivity contribution in [3.8, 4) is 22.3 Å². The smallest absolute Gasteiger partial charge is 0.147 e. The number of rotatable bonds is 6. The van der Waals surface area contributed by atoms with Gasteiger partial charge < -0.3 is 8.83 Å². The van der Waals surface area contributed by atoms with Crippen LogP contribution < -0.4 is 0 Å². The van der Waals surface area contributed by atoms with Gasteiger partial charge in [-0.05, 0) is 98.5 Å². The monoisotopic (exact) mass is 628 g/mol. The first kappa shape index (κ1) is 27.9. The van der Waals surface area contributed by atoms with Gasteiger partial charge in [0.2, 0.25) is 0 Å². The number of aryl methyl sites for hydroxylation is 2. The molecule has 0 fully saturated rings. The highest BCUT2D eigenvalue weighted by Crippen LogP contribution is 2.44. The first-order valence-electron chi connectivity index (χ1n) is 17.1. The molecule has 10 rings (SSSR count). The minimum absolute atomic E-state index is 0.873. The average Bonchev–Trinajstić information content (AvgIpc) is 3.74. The molecule has 0 saturated carbocycles. The fraction of sp³-hybridized carbons (Fsp3) is 0.0638. The zero-order valence-electron chi connectivity index (χ0n) is 26.9.